The number of furan rings is 1. The third-order valence-electron chi connectivity index (χ3n) is 6.06. The van der Waals surface area contributed by atoms with E-state index >= 15 is 0 Å². The van der Waals surface area contributed by atoms with Gasteiger partial charge >= 0.3 is 0 Å². The number of ketones is 1. The highest BCUT2D eigenvalue weighted by Gasteiger charge is 2.22. The number of carbonyl (C=O) groups is 1. The maximum absolute atomic E-state index is 13.6. The summed E-state index contributed by atoms with van der Waals surface area (Å²) >= 11 is 6.18. The fourth-order valence-electron chi connectivity index (χ4n) is 4.14. The van der Waals surface area contributed by atoms with Gasteiger partial charge in [-0.1, -0.05) is 55.8 Å². The second-order valence-corrected chi connectivity index (χ2v) is 8.72. The van der Waals surface area contributed by atoms with Crippen molar-refractivity contribution in [2.75, 3.05) is 26.2 Å². The van der Waals surface area contributed by atoms with Crippen molar-refractivity contribution >= 4 is 28.4 Å². The van der Waals surface area contributed by atoms with Crippen molar-refractivity contribution in [3.63, 3.8) is 0 Å². The Bertz CT molecular complexity index is 1230. The van der Waals surface area contributed by atoms with Crippen molar-refractivity contribution in [3.8, 4) is 5.75 Å². The number of halogens is 1. The van der Waals surface area contributed by atoms with E-state index in [2.05, 4.69) is 18.7 Å². The van der Waals surface area contributed by atoms with E-state index in [9.17, 15) is 4.79 Å². The first-order valence-corrected chi connectivity index (χ1v) is 12.2. The molecule has 3 aromatic carbocycles. The summed E-state index contributed by atoms with van der Waals surface area (Å²) < 4.78 is 12.0. The van der Waals surface area contributed by atoms with E-state index in [-0.39, 0.29) is 5.78 Å². The van der Waals surface area contributed by atoms with E-state index in [4.69, 9.17) is 20.8 Å². The molecule has 0 radical (unpaired) electrons. The number of fused-ring (bicyclic) bond motifs is 1. The highest BCUT2D eigenvalue weighted by Crippen LogP contribution is 2.32. The van der Waals surface area contributed by atoms with Crippen LogP contribution in [-0.2, 0) is 6.42 Å². The molecule has 1 aromatic heterocycles. The zero-order valence-electron chi connectivity index (χ0n) is 19.7. The van der Waals surface area contributed by atoms with Gasteiger partial charge in [0.15, 0.2) is 5.78 Å². The highest BCUT2D eigenvalue weighted by molar-refractivity contribution is 6.31. The molecular weight excluding hydrogens is 446 g/mol. The molecule has 176 valence electrons. The number of rotatable bonds is 11. The fraction of sp³-hybridized carbons (Fsp3) is 0.276. The molecule has 4 aromatic rings. The lowest BCUT2D eigenvalue weighted by Crippen LogP contribution is -2.25. The van der Waals surface area contributed by atoms with Crippen LogP contribution in [0.2, 0.25) is 5.02 Å². The summed E-state index contributed by atoms with van der Waals surface area (Å²) in [5.74, 6) is 1.34. The van der Waals surface area contributed by atoms with E-state index in [0.29, 0.717) is 40.5 Å². The molecule has 1 heterocycles. The average Bonchev–Trinajstić information content (AvgIpc) is 3.21. The minimum Gasteiger partial charge on any atom is -0.494 e. The maximum Gasteiger partial charge on any atom is 0.197 e. The summed E-state index contributed by atoms with van der Waals surface area (Å²) in [4.78, 5) is 16.0. The van der Waals surface area contributed by atoms with Crippen LogP contribution in [0.25, 0.3) is 11.0 Å². The predicted molar refractivity (Wildman–Crippen MR) is 138 cm³/mol. The molecule has 0 aliphatic carbocycles. The molecule has 0 N–H and O–H groups in total. The Morgan fingerprint density at radius 3 is 2.41 bits per heavy atom. The summed E-state index contributed by atoms with van der Waals surface area (Å²) in [6.45, 7) is 8.11. The van der Waals surface area contributed by atoms with Gasteiger partial charge in [0, 0.05) is 35.0 Å². The molecule has 0 aliphatic rings. The second kappa shape index (κ2) is 11.4. The summed E-state index contributed by atoms with van der Waals surface area (Å²) in [6.07, 6.45) is 1.50. The number of carbonyl (C=O) groups excluding carboxylic acids is 1. The van der Waals surface area contributed by atoms with Crippen molar-refractivity contribution < 1.29 is 13.9 Å². The Balaban J connectivity index is 1.53. The third-order valence-corrected chi connectivity index (χ3v) is 6.29. The lowest BCUT2D eigenvalue weighted by molar-refractivity contribution is 0.103. The number of nitrogens with zero attached hydrogens (tertiary/aromatic N) is 1. The first-order chi connectivity index (χ1) is 16.6. The minimum atomic E-state index is -0.0694. The van der Waals surface area contributed by atoms with Crippen LogP contribution in [0.3, 0.4) is 0 Å². The Hall–Kier alpha value is -3.08. The molecule has 0 spiro atoms. The lowest BCUT2D eigenvalue weighted by Gasteiger charge is -2.17. The molecule has 4 rings (SSSR count). The largest absolute Gasteiger partial charge is 0.494 e. The first-order valence-electron chi connectivity index (χ1n) is 11.8. The lowest BCUT2D eigenvalue weighted by atomic mass is 9.97. The van der Waals surface area contributed by atoms with Gasteiger partial charge in [0.2, 0.25) is 0 Å². The molecule has 0 saturated carbocycles. The number of hydrogen-bond acceptors (Lipinski definition) is 4. The van der Waals surface area contributed by atoms with Gasteiger partial charge in [-0.05, 0) is 61.5 Å². The SMILES string of the molecule is CCN(CC)CCCOc1ccc(C(=O)c2c(Cc3ccccc3)oc3cc(Cl)ccc23)cc1. The molecule has 4 nitrogen and oxygen atoms in total. The number of benzene rings is 3. The van der Waals surface area contributed by atoms with Gasteiger partial charge < -0.3 is 14.1 Å². The first kappa shape index (κ1) is 24.1. The van der Waals surface area contributed by atoms with Crippen molar-refractivity contribution in [2.24, 2.45) is 0 Å². The van der Waals surface area contributed by atoms with Crippen LogP contribution in [0.15, 0.2) is 77.2 Å². The van der Waals surface area contributed by atoms with E-state index < -0.39 is 0 Å². The summed E-state index contributed by atoms with van der Waals surface area (Å²) in [5, 5.41) is 1.35. The normalized spacial score (nSPS) is 11.3. The topological polar surface area (TPSA) is 42.7 Å². The molecule has 34 heavy (non-hydrogen) atoms. The van der Waals surface area contributed by atoms with Crippen LogP contribution in [-0.4, -0.2) is 36.9 Å². The molecular formula is C29H30ClNO3. The van der Waals surface area contributed by atoms with Gasteiger partial charge in [-0.3, -0.25) is 4.79 Å². The molecule has 5 heteroatoms. The van der Waals surface area contributed by atoms with Gasteiger partial charge in [-0.15, -0.1) is 0 Å². The van der Waals surface area contributed by atoms with Crippen molar-refractivity contribution in [3.05, 3.63) is 100 Å². The quantitative estimate of drug-likeness (QED) is 0.173. The molecule has 0 bridgehead atoms. The predicted octanol–water partition coefficient (Wildman–Crippen LogP) is 7.02. The molecule has 0 fully saturated rings. The molecule has 0 atom stereocenters. The third kappa shape index (κ3) is 5.69. The Labute approximate surface area is 206 Å². The van der Waals surface area contributed by atoms with Gasteiger partial charge in [0.25, 0.3) is 0 Å². The zero-order chi connectivity index (χ0) is 23.9. The minimum absolute atomic E-state index is 0.0694. The van der Waals surface area contributed by atoms with Crippen LogP contribution in [0, 0.1) is 0 Å². The molecule has 0 amide bonds. The van der Waals surface area contributed by atoms with Crippen LogP contribution >= 0.6 is 11.6 Å². The summed E-state index contributed by atoms with van der Waals surface area (Å²) in [5.41, 5.74) is 2.89. The molecule has 0 unspecified atom stereocenters. The second-order valence-electron chi connectivity index (χ2n) is 8.29. The summed E-state index contributed by atoms with van der Waals surface area (Å²) in [6, 6.07) is 22.8. The van der Waals surface area contributed by atoms with E-state index in [0.717, 1.165) is 42.8 Å². The van der Waals surface area contributed by atoms with Crippen molar-refractivity contribution in [1.82, 2.24) is 4.90 Å². The Kier molecular flexibility index (Phi) is 8.04. The number of hydrogen-bond donors (Lipinski definition) is 0. The average molecular weight is 476 g/mol. The van der Waals surface area contributed by atoms with Gasteiger partial charge in [-0.2, -0.15) is 0 Å². The molecule has 0 saturated heterocycles. The maximum atomic E-state index is 13.6. The zero-order valence-corrected chi connectivity index (χ0v) is 20.5. The standard InChI is InChI=1S/C29H30ClNO3/c1-3-31(4-2)17-8-18-33-24-14-11-22(12-15-24)29(32)28-25-16-13-23(30)20-26(25)34-27(28)19-21-9-6-5-7-10-21/h5-7,9-16,20H,3-4,8,17-19H2,1-2H3. The highest BCUT2D eigenvalue weighted by atomic mass is 35.5. The van der Waals surface area contributed by atoms with Crippen LogP contribution in [0.1, 0.15) is 47.5 Å². The van der Waals surface area contributed by atoms with Gasteiger partial charge in [-0.25, -0.2) is 0 Å². The van der Waals surface area contributed by atoms with Crippen LogP contribution in [0.5, 0.6) is 5.75 Å². The van der Waals surface area contributed by atoms with Gasteiger partial charge in [0.05, 0.1) is 12.2 Å². The smallest absolute Gasteiger partial charge is 0.197 e. The van der Waals surface area contributed by atoms with E-state index in [1.807, 2.05) is 60.7 Å². The Morgan fingerprint density at radius 2 is 1.71 bits per heavy atom. The van der Waals surface area contributed by atoms with Crippen LogP contribution in [0.4, 0.5) is 0 Å². The van der Waals surface area contributed by atoms with E-state index in [1.165, 1.54) is 0 Å². The fourth-order valence-corrected chi connectivity index (χ4v) is 4.30. The Morgan fingerprint density at radius 1 is 0.971 bits per heavy atom. The van der Waals surface area contributed by atoms with Gasteiger partial charge in [0.1, 0.15) is 17.1 Å². The van der Waals surface area contributed by atoms with Crippen LogP contribution < -0.4 is 4.74 Å². The van der Waals surface area contributed by atoms with Crippen molar-refractivity contribution in [1.29, 1.82) is 0 Å². The van der Waals surface area contributed by atoms with Crippen molar-refractivity contribution in [2.45, 2.75) is 26.7 Å². The molecule has 0 aliphatic heterocycles. The number of ether oxygens (including phenoxy) is 1. The summed E-state index contributed by atoms with van der Waals surface area (Å²) in [7, 11) is 0. The van der Waals surface area contributed by atoms with E-state index in [1.54, 1.807) is 12.1 Å². The monoisotopic (exact) mass is 475 g/mol.